The largest absolute Gasteiger partial charge is 0.348 e. The predicted octanol–water partition coefficient (Wildman–Crippen LogP) is 2.43. The van der Waals surface area contributed by atoms with Crippen LogP contribution < -0.4 is 16.4 Å². The molecule has 6 nitrogen and oxygen atoms in total. The molecule has 0 radical (unpaired) electrons. The van der Waals surface area contributed by atoms with Gasteiger partial charge in [0, 0.05) is 12.6 Å². The smallest absolute Gasteiger partial charge is 0.287 e. The van der Waals surface area contributed by atoms with Crippen molar-refractivity contribution in [3.8, 4) is 11.1 Å². The molecule has 1 fully saturated rings. The highest BCUT2D eigenvalue weighted by molar-refractivity contribution is 5.94. The van der Waals surface area contributed by atoms with Gasteiger partial charge in [-0.2, -0.15) is 0 Å². The van der Waals surface area contributed by atoms with E-state index in [0.29, 0.717) is 24.8 Å². The Labute approximate surface area is 162 Å². The molecule has 3 aromatic rings. The summed E-state index contributed by atoms with van der Waals surface area (Å²) in [5.41, 5.74) is 8.95. The molecule has 0 aliphatic carbocycles. The van der Waals surface area contributed by atoms with Crippen LogP contribution in [0.4, 0.5) is 4.39 Å². The van der Waals surface area contributed by atoms with Gasteiger partial charge in [-0.05, 0) is 67.2 Å². The van der Waals surface area contributed by atoms with Crippen LogP contribution in [0.1, 0.15) is 23.5 Å². The maximum absolute atomic E-state index is 13.1. The molecule has 2 aromatic carbocycles. The second-order valence-electron chi connectivity index (χ2n) is 7.32. The highest BCUT2D eigenvalue weighted by Crippen LogP contribution is 2.24. The van der Waals surface area contributed by atoms with Crippen molar-refractivity contribution < 1.29 is 9.18 Å². The van der Waals surface area contributed by atoms with E-state index < -0.39 is 0 Å². The van der Waals surface area contributed by atoms with E-state index in [-0.39, 0.29) is 17.8 Å². The van der Waals surface area contributed by atoms with Crippen molar-refractivity contribution in [2.24, 2.45) is 11.7 Å². The summed E-state index contributed by atoms with van der Waals surface area (Å²) in [7, 11) is 0. The maximum Gasteiger partial charge on any atom is 0.287 e. The number of fused-ring (bicyclic) bond motifs is 1. The molecule has 0 saturated carbocycles. The minimum atomic E-state index is -0.267. The first-order chi connectivity index (χ1) is 13.6. The molecule has 1 aliphatic rings. The lowest BCUT2D eigenvalue weighted by atomic mass is 10.0. The number of carbonyl (C=O) groups is 1. The molecule has 1 saturated heterocycles. The van der Waals surface area contributed by atoms with Gasteiger partial charge in [0.25, 0.3) is 5.91 Å². The van der Waals surface area contributed by atoms with Gasteiger partial charge in [-0.15, -0.1) is 0 Å². The Bertz CT molecular complexity index is 969. The van der Waals surface area contributed by atoms with Crippen molar-refractivity contribution in [2.45, 2.75) is 18.9 Å². The lowest BCUT2D eigenvalue weighted by Crippen LogP contribution is -2.37. The highest BCUT2D eigenvalue weighted by Gasteiger charge is 2.24. The Morgan fingerprint density at radius 3 is 2.79 bits per heavy atom. The van der Waals surface area contributed by atoms with Crippen molar-refractivity contribution in [1.29, 1.82) is 0 Å². The molecule has 146 valence electrons. The van der Waals surface area contributed by atoms with Crippen LogP contribution in [0.15, 0.2) is 42.5 Å². The Hall–Kier alpha value is -2.77. The van der Waals surface area contributed by atoms with Gasteiger partial charge < -0.3 is 21.4 Å². The summed E-state index contributed by atoms with van der Waals surface area (Å²) in [5.74, 6) is 0.394. The van der Waals surface area contributed by atoms with Crippen LogP contribution in [-0.4, -0.2) is 41.6 Å². The molecule has 4 rings (SSSR count). The van der Waals surface area contributed by atoms with E-state index in [2.05, 4.69) is 20.6 Å². The van der Waals surface area contributed by atoms with Crippen molar-refractivity contribution >= 4 is 16.9 Å². The number of aromatic nitrogens is 2. The standard InChI is InChI=1S/C21H24FN5O/c22-16-4-1-14(2-5-16)15-3-6-18-19(10-15)27-20(26-18)21(28)25-12-17-9-13(7-8-23)11-24-17/h1-6,10,13,17,24H,7-9,11-12,23H2,(H,25,28)(H,26,27)/t13-,17+/m1/s1. The van der Waals surface area contributed by atoms with E-state index in [9.17, 15) is 9.18 Å². The lowest BCUT2D eigenvalue weighted by molar-refractivity contribution is 0.0941. The van der Waals surface area contributed by atoms with Crippen molar-refractivity contribution in [3.63, 3.8) is 0 Å². The molecular weight excluding hydrogens is 357 g/mol. The van der Waals surface area contributed by atoms with Gasteiger partial charge in [0.05, 0.1) is 11.0 Å². The average molecular weight is 381 g/mol. The number of nitrogens with one attached hydrogen (secondary N) is 3. The summed E-state index contributed by atoms with van der Waals surface area (Å²) in [5, 5.41) is 6.38. The van der Waals surface area contributed by atoms with E-state index in [0.717, 1.165) is 41.5 Å². The van der Waals surface area contributed by atoms with Crippen molar-refractivity contribution in [3.05, 3.63) is 54.1 Å². The van der Waals surface area contributed by atoms with Crippen LogP contribution in [0, 0.1) is 11.7 Å². The molecule has 0 bridgehead atoms. The van der Waals surface area contributed by atoms with Crippen LogP contribution in [0.3, 0.4) is 0 Å². The predicted molar refractivity (Wildman–Crippen MR) is 107 cm³/mol. The number of nitrogens with zero attached hydrogens (tertiary/aromatic N) is 1. The number of nitrogens with two attached hydrogens (primary N) is 1. The molecule has 2 heterocycles. The molecule has 7 heteroatoms. The average Bonchev–Trinajstić information content (AvgIpc) is 3.33. The summed E-state index contributed by atoms with van der Waals surface area (Å²) >= 11 is 0. The maximum atomic E-state index is 13.1. The summed E-state index contributed by atoms with van der Waals surface area (Å²) < 4.78 is 13.1. The molecule has 0 unspecified atom stereocenters. The van der Waals surface area contributed by atoms with Crippen molar-refractivity contribution in [2.75, 3.05) is 19.6 Å². The summed E-state index contributed by atoms with van der Waals surface area (Å²) in [6, 6.07) is 12.3. The quantitative estimate of drug-likeness (QED) is 0.527. The van der Waals surface area contributed by atoms with E-state index >= 15 is 0 Å². The monoisotopic (exact) mass is 381 g/mol. The fourth-order valence-corrected chi connectivity index (χ4v) is 3.75. The van der Waals surface area contributed by atoms with Crippen LogP contribution in [0.5, 0.6) is 0 Å². The van der Waals surface area contributed by atoms with E-state index in [1.54, 1.807) is 12.1 Å². The lowest BCUT2D eigenvalue weighted by Gasteiger charge is -2.11. The third-order valence-corrected chi connectivity index (χ3v) is 5.27. The van der Waals surface area contributed by atoms with Gasteiger partial charge in [-0.25, -0.2) is 9.37 Å². The number of imidazole rings is 1. The SMILES string of the molecule is NCC[C@H]1CN[C@H](CNC(=O)c2nc3ccc(-c4ccc(F)cc4)cc3[nH]2)C1. The molecule has 1 amide bonds. The molecular formula is C21H24FN5O. The molecule has 1 aromatic heterocycles. The normalized spacial score (nSPS) is 19.2. The molecule has 0 spiro atoms. The zero-order valence-corrected chi connectivity index (χ0v) is 15.5. The number of benzene rings is 2. The summed E-state index contributed by atoms with van der Waals surface area (Å²) in [6.45, 7) is 2.22. The first-order valence-corrected chi connectivity index (χ1v) is 9.59. The van der Waals surface area contributed by atoms with Crippen LogP contribution in [-0.2, 0) is 0 Å². The van der Waals surface area contributed by atoms with Gasteiger partial charge >= 0.3 is 0 Å². The summed E-state index contributed by atoms with van der Waals surface area (Å²) in [6.07, 6.45) is 2.04. The number of rotatable bonds is 6. The van der Waals surface area contributed by atoms with Gasteiger partial charge in [0.2, 0.25) is 0 Å². The number of hydrogen-bond donors (Lipinski definition) is 4. The van der Waals surface area contributed by atoms with Crippen LogP contribution in [0.2, 0.25) is 0 Å². The Morgan fingerprint density at radius 2 is 2.00 bits per heavy atom. The topological polar surface area (TPSA) is 95.8 Å². The highest BCUT2D eigenvalue weighted by atomic mass is 19.1. The first kappa shape index (κ1) is 18.6. The Balaban J connectivity index is 1.42. The first-order valence-electron chi connectivity index (χ1n) is 9.59. The minimum absolute atomic E-state index is 0.219. The number of hydrogen-bond acceptors (Lipinski definition) is 4. The number of carbonyl (C=O) groups excluding carboxylic acids is 1. The van der Waals surface area contributed by atoms with E-state index in [1.807, 2.05) is 18.2 Å². The van der Waals surface area contributed by atoms with Crippen LogP contribution in [0.25, 0.3) is 22.2 Å². The van der Waals surface area contributed by atoms with Crippen molar-refractivity contribution in [1.82, 2.24) is 20.6 Å². The molecule has 2 atom stereocenters. The molecule has 1 aliphatic heterocycles. The Kier molecular flexibility index (Phi) is 5.36. The van der Waals surface area contributed by atoms with Gasteiger partial charge in [-0.1, -0.05) is 18.2 Å². The third kappa shape index (κ3) is 4.05. The second-order valence-corrected chi connectivity index (χ2v) is 7.32. The fourth-order valence-electron chi connectivity index (χ4n) is 3.75. The number of amides is 1. The molecule has 28 heavy (non-hydrogen) atoms. The molecule has 5 N–H and O–H groups in total. The van der Waals surface area contributed by atoms with Gasteiger partial charge in [-0.3, -0.25) is 4.79 Å². The fraction of sp³-hybridized carbons (Fsp3) is 0.333. The third-order valence-electron chi connectivity index (χ3n) is 5.27. The van der Waals surface area contributed by atoms with Crippen LogP contribution >= 0.6 is 0 Å². The Morgan fingerprint density at radius 1 is 1.21 bits per heavy atom. The van der Waals surface area contributed by atoms with Gasteiger partial charge in [0.1, 0.15) is 5.82 Å². The van der Waals surface area contributed by atoms with E-state index in [1.165, 1.54) is 12.1 Å². The zero-order valence-electron chi connectivity index (χ0n) is 15.5. The minimum Gasteiger partial charge on any atom is -0.348 e. The van der Waals surface area contributed by atoms with E-state index in [4.69, 9.17) is 5.73 Å². The zero-order chi connectivity index (χ0) is 19.5. The van der Waals surface area contributed by atoms with Gasteiger partial charge in [0.15, 0.2) is 5.82 Å². The second kappa shape index (κ2) is 8.08. The summed E-state index contributed by atoms with van der Waals surface area (Å²) in [4.78, 5) is 20.0. The number of aromatic amines is 1. The number of halogens is 1. The number of H-pyrrole nitrogens is 1.